The van der Waals surface area contributed by atoms with Crippen molar-refractivity contribution in [2.75, 3.05) is 10.6 Å². The molecule has 0 radical (unpaired) electrons. The maximum absolute atomic E-state index is 12.3. The van der Waals surface area contributed by atoms with Gasteiger partial charge in [-0.2, -0.15) is 0 Å². The van der Waals surface area contributed by atoms with E-state index in [1.807, 2.05) is 12.1 Å². The summed E-state index contributed by atoms with van der Waals surface area (Å²) >= 11 is 12.0. The van der Waals surface area contributed by atoms with E-state index in [1.165, 1.54) is 0 Å². The Hall–Kier alpha value is -2.63. The number of amides is 1. The van der Waals surface area contributed by atoms with E-state index in [-0.39, 0.29) is 11.6 Å². The van der Waals surface area contributed by atoms with Gasteiger partial charge in [0.15, 0.2) is 0 Å². The number of aromatic nitrogens is 2. The molecule has 0 saturated heterocycles. The molecule has 2 aromatic heterocycles. The smallest absolute Gasteiger partial charge is 0.274 e. The lowest BCUT2D eigenvalue weighted by Gasteiger charge is -2.09. The van der Waals surface area contributed by atoms with Crippen LogP contribution in [0.2, 0.25) is 10.0 Å². The molecule has 2 heterocycles. The van der Waals surface area contributed by atoms with Gasteiger partial charge in [-0.15, -0.1) is 0 Å². The minimum absolute atomic E-state index is 0.281. The number of nitrogens with zero attached hydrogens (tertiary/aromatic N) is 2. The molecule has 3 aromatic rings. The highest BCUT2D eigenvalue weighted by Crippen LogP contribution is 2.29. The summed E-state index contributed by atoms with van der Waals surface area (Å²) in [5, 5.41) is 6.59. The minimum atomic E-state index is -0.358. The average molecular weight is 373 g/mol. The first-order chi connectivity index (χ1) is 12.1. The van der Waals surface area contributed by atoms with Crippen molar-refractivity contribution in [1.82, 2.24) is 9.97 Å². The molecule has 1 amide bonds. The Bertz CT molecular complexity index is 870. The van der Waals surface area contributed by atoms with Crippen LogP contribution >= 0.6 is 23.2 Å². The van der Waals surface area contributed by atoms with Crippen molar-refractivity contribution in [3.63, 3.8) is 0 Å². The molecular weight excluding hydrogens is 359 g/mol. The van der Waals surface area contributed by atoms with Crippen LogP contribution in [0.15, 0.2) is 61.1 Å². The summed E-state index contributed by atoms with van der Waals surface area (Å²) in [6.45, 7) is 0.624. The van der Waals surface area contributed by atoms with Crippen molar-refractivity contribution in [3.8, 4) is 0 Å². The van der Waals surface area contributed by atoms with Gasteiger partial charge in [0.1, 0.15) is 5.69 Å². The molecule has 0 aliphatic carbocycles. The highest BCUT2D eigenvalue weighted by atomic mass is 35.5. The summed E-state index contributed by atoms with van der Waals surface area (Å²) < 4.78 is 0. The molecule has 0 bridgehead atoms. The third kappa shape index (κ3) is 4.47. The molecule has 0 aliphatic rings. The number of hydrogen-bond donors (Lipinski definition) is 2. The maximum atomic E-state index is 12.3. The summed E-state index contributed by atoms with van der Waals surface area (Å²) in [7, 11) is 0. The van der Waals surface area contributed by atoms with Crippen LogP contribution in [0.4, 0.5) is 11.4 Å². The second-order valence-corrected chi connectivity index (χ2v) is 5.99. The van der Waals surface area contributed by atoms with Crippen molar-refractivity contribution in [1.29, 1.82) is 0 Å². The number of nitrogens with one attached hydrogen (secondary N) is 2. The van der Waals surface area contributed by atoms with Crippen molar-refractivity contribution in [2.45, 2.75) is 6.54 Å². The molecule has 0 atom stereocenters. The van der Waals surface area contributed by atoms with Crippen molar-refractivity contribution in [3.05, 3.63) is 82.4 Å². The largest absolute Gasteiger partial charge is 0.380 e. The Kier molecular flexibility index (Phi) is 5.48. The van der Waals surface area contributed by atoms with Gasteiger partial charge in [0.05, 0.1) is 27.6 Å². The highest BCUT2D eigenvalue weighted by molar-refractivity contribution is 6.44. The molecular formula is C18H14Cl2N4O. The molecule has 1 aromatic carbocycles. The number of halogens is 2. The molecule has 0 fully saturated rings. The first-order valence-electron chi connectivity index (χ1n) is 7.47. The summed E-state index contributed by atoms with van der Waals surface area (Å²) in [5.41, 5.74) is 2.59. The van der Waals surface area contributed by atoms with Gasteiger partial charge in [0.25, 0.3) is 5.91 Å². The summed E-state index contributed by atoms with van der Waals surface area (Å²) in [4.78, 5) is 20.5. The quantitative estimate of drug-likeness (QED) is 0.683. The fourth-order valence-corrected chi connectivity index (χ4v) is 2.47. The molecule has 2 N–H and O–H groups in total. The van der Waals surface area contributed by atoms with Gasteiger partial charge < -0.3 is 10.6 Å². The van der Waals surface area contributed by atoms with Crippen LogP contribution in [-0.4, -0.2) is 15.9 Å². The van der Waals surface area contributed by atoms with Gasteiger partial charge in [-0.1, -0.05) is 35.3 Å². The minimum Gasteiger partial charge on any atom is -0.380 e. The lowest BCUT2D eigenvalue weighted by molar-refractivity contribution is 0.102. The zero-order chi connectivity index (χ0) is 17.6. The van der Waals surface area contributed by atoms with Crippen molar-refractivity contribution in [2.24, 2.45) is 0 Å². The Labute approximate surface area is 155 Å². The van der Waals surface area contributed by atoms with E-state index in [2.05, 4.69) is 20.6 Å². The molecule has 0 spiro atoms. The molecule has 0 aliphatic heterocycles. The third-order valence-electron chi connectivity index (χ3n) is 3.42. The fraction of sp³-hybridized carbons (Fsp3) is 0.0556. The molecule has 0 saturated carbocycles. The fourth-order valence-electron chi connectivity index (χ4n) is 2.13. The number of pyridine rings is 2. The Morgan fingerprint density at radius 3 is 2.64 bits per heavy atom. The van der Waals surface area contributed by atoms with Gasteiger partial charge in [0.2, 0.25) is 0 Å². The van der Waals surface area contributed by atoms with Crippen LogP contribution in [0.3, 0.4) is 0 Å². The average Bonchev–Trinajstić information content (AvgIpc) is 2.65. The number of carbonyl (C=O) groups is 1. The van der Waals surface area contributed by atoms with Crippen LogP contribution in [0, 0.1) is 0 Å². The standard InChI is InChI=1S/C18H14Cl2N4O/c19-14-4-1-5-15(17(14)20)24-18(25)16-7-6-13(11-23-16)22-10-12-3-2-8-21-9-12/h1-9,11,22H,10H2,(H,24,25). The SMILES string of the molecule is O=C(Nc1cccc(Cl)c1Cl)c1ccc(NCc2cccnc2)cn1. The maximum Gasteiger partial charge on any atom is 0.274 e. The van der Waals surface area contributed by atoms with E-state index in [1.54, 1.807) is 48.9 Å². The van der Waals surface area contributed by atoms with Gasteiger partial charge in [-0.3, -0.25) is 9.78 Å². The van der Waals surface area contributed by atoms with Crippen LogP contribution < -0.4 is 10.6 Å². The predicted molar refractivity (Wildman–Crippen MR) is 100 cm³/mol. The Balaban J connectivity index is 1.63. The number of anilines is 2. The number of carbonyl (C=O) groups excluding carboxylic acids is 1. The van der Waals surface area contributed by atoms with E-state index in [0.717, 1.165) is 11.3 Å². The Morgan fingerprint density at radius 1 is 1.04 bits per heavy atom. The predicted octanol–water partition coefficient (Wildman–Crippen LogP) is 4.65. The van der Waals surface area contributed by atoms with Crippen LogP contribution in [0.1, 0.15) is 16.1 Å². The molecule has 0 unspecified atom stereocenters. The van der Waals surface area contributed by atoms with Gasteiger partial charge in [0, 0.05) is 18.9 Å². The zero-order valence-electron chi connectivity index (χ0n) is 13.0. The summed E-state index contributed by atoms with van der Waals surface area (Å²) in [5.74, 6) is -0.358. The first-order valence-corrected chi connectivity index (χ1v) is 8.23. The van der Waals surface area contributed by atoms with Crippen LogP contribution in [0.25, 0.3) is 0 Å². The second-order valence-electron chi connectivity index (χ2n) is 5.20. The normalized spacial score (nSPS) is 10.3. The molecule has 25 heavy (non-hydrogen) atoms. The van der Waals surface area contributed by atoms with Crippen molar-refractivity contribution < 1.29 is 4.79 Å². The van der Waals surface area contributed by atoms with E-state index < -0.39 is 0 Å². The van der Waals surface area contributed by atoms with Crippen molar-refractivity contribution >= 4 is 40.5 Å². The third-order valence-corrected chi connectivity index (χ3v) is 4.23. The van der Waals surface area contributed by atoms with Gasteiger partial charge >= 0.3 is 0 Å². The molecule has 3 rings (SSSR count). The highest BCUT2D eigenvalue weighted by Gasteiger charge is 2.11. The monoisotopic (exact) mass is 372 g/mol. The Morgan fingerprint density at radius 2 is 1.92 bits per heavy atom. The lowest BCUT2D eigenvalue weighted by atomic mass is 10.2. The molecule has 126 valence electrons. The van der Waals surface area contributed by atoms with Gasteiger partial charge in [-0.25, -0.2) is 4.98 Å². The molecule has 5 nitrogen and oxygen atoms in total. The van der Waals surface area contributed by atoms with E-state index >= 15 is 0 Å². The number of hydrogen-bond acceptors (Lipinski definition) is 4. The van der Waals surface area contributed by atoms with Gasteiger partial charge in [-0.05, 0) is 35.9 Å². The van der Waals surface area contributed by atoms with Crippen LogP contribution in [-0.2, 0) is 6.54 Å². The summed E-state index contributed by atoms with van der Waals surface area (Å²) in [6.07, 6.45) is 5.12. The van der Waals surface area contributed by atoms with E-state index in [9.17, 15) is 4.79 Å². The number of rotatable bonds is 5. The van der Waals surface area contributed by atoms with E-state index in [0.29, 0.717) is 22.3 Å². The first kappa shape index (κ1) is 17.2. The van der Waals surface area contributed by atoms with E-state index in [4.69, 9.17) is 23.2 Å². The zero-order valence-corrected chi connectivity index (χ0v) is 14.6. The summed E-state index contributed by atoms with van der Waals surface area (Å²) in [6, 6.07) is 12.3. The second kappa shape index (κ2) is 7.96. The number of benzene rings is 1. The molecule has 7 heteroatoms. The lowest BCUT2D eigenvalue weighted by Crippen LogP contribution is -2.14. The topological polar surface area (TPSA) is 66.9 Å². The van der Waals surface area contributed by atoms with Crippen LogP contribution in [0.5, 0.6) is 0 Å².